The first-order valence-electron chi connectivity index (χ1n) is 7.29. The molecule has 0 bridgehead atoms. The van der Waals surface area contributed by atoms with E-state index in [2.05, 4.69) is 30.5 Å². The maximum atomic E-state index is 5.30. The number of benzene rings is 1. The molecule has 0 heterocycles. The van der Waals surface area contributed by atoms with Crippen LogP contribution in [-0.2, 0) is 6.42 Å². The van der Waals surface area contributed by atoms with Crippen molar-refractivity contribution >= 4 is 0 Å². The number of hydrogen-bond donors (Lipinski definition) is 2. The first-order valence-corrected chi connectivity index (χ1v) is 7.29. The second-order valence-electron chi connectivity index (χ2n) is 5.29. The van der Waals surface area contributed by atoms with Gasteiger partial charge in [-0.05, 0) is 43.1 Å². The van der Waals surface area contributed by atoms with Crippen molar-refractivity contribution in [1.82, 2.24) is 10.6 Å². The number of rotatable bonds is 10. The van der Waals surface area contributed by atoms with E-state index in [4.69, 9.17) is 9.47 Å². The van der Waals surface area contributed by atoms with Gasteiger partial charge in [-0.1, -0.05) is 19.9 Å². The Morgan fingerprint density at radius 2 is 1.65 bits per heavy atom. The zero-order valence-electron chi connectivity index (χ0n) is 13.2. The largest absolute Gasteiger partial charge is 0.493 e. The predicted octanol–water partition coefficient (Wildman–Crippen LogP) is 2.08. The molecule has 1 rings (SSSR count). The number of hydrogen-bond acceptors (Lipinski definition) is 4. The zero-order valence-corrected chi connectivity index (χ0v) is 13.2. The molecule has 4 nitrogen and oxygen atoms in total. The van der Waals surface area contributed by atoms with E-state index in [1.54, 1.807) is 14.2 Å². The van der Waals surface area contributed by atoms with Crippen molar-refractivity contribution in [3.05, 3.63) is 23.8 Å². The highest BCUT2D eigenvalue weighted by Crippen LogP contribution is 2.27. The molecule has 0 saturated carbocycles. The second kappa shape index (κ2) is 9.61. The minimum atomic E-state index is 0.710. The summed E-state index contributed by atoms with van der Waals surface area (Å²) < 4.78 is 10.5. The third-order valence-electron chi connectivity index (χ3n) is 3.07. The Morgan fingerprint density at radius 3 is 2.30 bits per heavy atom. The van der Waals surface area contributed by atoms with Crippen LogP contribution in [0.15, 0.2) is 18.2 Å². The van der Waals surface area contributed by atoms with Crippen molar-refractivity contribution in [3.63, 3.8) is 0 Å². The summed E-state index contributed by atoms with van der Waals surface area (Å²) in [5, 5.41) is 6.86. The van der Waals surface area contributed by atoms with E-state index in [1.807, 2.05) is 12.1 Å². The SMILES string of the molecule is COc1ccc(CCNCCNCC(C)C)cc1OC. The molecule has 4 heteroatoms. The fourth-order valence-electron chi connectivity index (χ4n) is 1.96. The molecule has 0 spiro atoms. The van der Waals surface area contributed by atoms with Crippen LogP contribution in [0.3, 0.4) is 0 Å². The molecule has 0 aliphatic carbocycles. The third kappa shape index (κ3) is 6.26. The fourth-order valence-corrected chi connectivity index (χ4v) is 1.96. The van der Waals surface area contributed by atoms with Gasteiger partial charge in [-0.2, -0.15) is 0 Å². The Morgan fingerprint density at radius 1 is 0.950 bits per heavy atom. The van der Waals surface area contributed by atoms with Crippen LogP contribution < -0.4 is 20.1 Å². The average molecular weight is 280 g/mol. The van der Waals surface area contributed by atoms with Gasteiger partial charge in [-0.15, -0.1) is 0 Å². The maximum absolute atomic E-state index is 5.30. The highest BCUT2D eigenvalue weighted by Gasteiger charge is 2.04. The molecule has 0 fully saturated rings. The Balaban J connectivity index is 2.22. The molecule has 0 aliphatic rings. The van der Waals surface area contributed by atoms with E-state index in [9.17, 15) is 0 Å². The molecule has 1 aromatic carbocycles. The van der Waals surface area contributed by atoms with Gasteiger partial charge in [0.1, 0.15) is 0 Å². The summed E-state index contributed by atoms with van der Waals surface area (Å²) >= 11 is 0. The second-order valence-corrected chi connectivity index (χ2v) is 5.29. The minimum absolute atomic E-state index is 0.710. The molecular formula is C16H28N2O2. The fraction of sp³-hybridized carbons (Fsp3) is 0.625. The van der Waals surface area contributed by atoms with Crippen molar-refractivity contribution in [2.45, 2.75) is 20.3 Å². The Bertz CT molecular complexity index is 381. The van der Waals surface area contributed by atoms with Crippen molar-refractivity contribution in [2.75, 3.05) is 40.4 Å². The van der Waals surface area contributed by atoms with Crippen LogP contribution >= 0.6 is 0 Å². The first-order chi connectivity index (χ1) is 9.67. The smallest absolute Gasteiger partial charge is 0.160 e. The minimum Gasteiger partial charge on any atom is -0.493 e. The average Bonchev–Trinajstić information content (AvgIpc) is 2.45. The van der Waals surface area contributed by atoms with Crippen LogP contribution in [0, 0.1) is 5.92 Å². The van der Waals surface area contributed by atoms with E-state index in [-0.39, 0.29) is 0 Å². The summed E-state index contributed by atoms with van der Waals surface area (Å²) in [6.07, 6.45) is 0.991. The molecule has 2 N–H and O–H groups in total. The maximum Gasteiger partial charge on any atom is 0.160 e. The van der Waals surface area contributed by atoms with Crippen LogP contribution in [-0.4, -0.2) is 40.4 Å². The molecule has 0 aromatic heterocycles. The van der Waals surface area contributed by atoms with Crippen LogP contribution in [0.2, 0.25) is 0 Å². The van der Waals surface area contributed by atoms with Crippen LogP contribution in [0.25, 0.3) is 0 Å². The van der Waals surface area contributed by atoms with Gasteiger partial charge < -0.3 is 20.1 Å². The van der Waals surface area contributed by atoms with Gasteiger partial charge in [-0.3, -0.25) is 0 Å². The predicted molar refractivity (Wildman–Crippen MR) is 83.8 cm³/mol. The van der Waals surface area contributed by atoms with Gasteiger partial charge in [0.25, 0.3) is 0 Å². The first kappa shape index (κ1) is 16.8. The lowest BCUT2D eigenvalue weighted by molar-refractivity contribution is 0.354. The summed E-state index contributed by atoms with van der Waals surface area (Å²) in [4.78, 5) is 0. The lowest BCUT2D eigenvalue weighted by Gasteiger charge is -2.10. The number of methoxy groups -OCH3 is 2. The molecule has 0 unspecified atom stereocenters. The monoisotopic (exact) mass is 280 g/mol. The van der Waals surface area contributed by atoms with Crippen LogP contribution in [0.5, 0.6) is 11.5 Å². The Hall–Kier alpha value is -1.26. The van der Waals surface area contributed by atoms with Gasteiger partial charge in [0.2, 0.25) is 0 Å². The standard InChI is InChI=1S/C16H28N2O2/c1-13(2)12-18-10-9-17-8-7-14-5-6-15(19-3)16(11-14)20-4/h5-6,11,13,17-18H,7-10,12H2,1-4H3. The topological polar surface area (TPSA) is 42.5 Å². The molecule has 0 radical (unpaired) electrons. The molecule has 1 aromatic rings. The molecule has 0 atom stereocenters. The van der Waals surface area contributed by atoms with E-state index in [0.717, 1.165) is 44.1 Å². The quantitative estimate of drug-likeness (QED) is 0.644. The van der Waals surface area contributed by atoms with Gasteiger partial charge in [0.15, 0.2) is 11.5 Å². The van der Waals surface area contributed by atoms with Gasteiger partial charge in [-0.25, -0.2) is 0 Å². The van der Waals surface area contributed by atoms with Crippen molar-refractivity contribution < 1.29 is 9.47 Å². The summed E-state index contributed by atoms with van der Waals surface area (Å²) in [6, 6.07) is 6.08. The molecule has 0 amide bonds. The zero-order chi connectivity index (χ0) is 14.8. The highest BCUT2D eigenvalue weighted by atomic mass is 16.5. The Kier molecular flexibility index (Phi) is 8.07. The lowest BCUT2D eigenvalue weighted by atomic mass is 10.1. The van der Waals surface area contributed by atoms with E-state index in [1.165, 1.54) is 5.56 Å². The third-order valence-corrected chi connectivity index (χ3v) is 3.07. The van der Waals surface area contributed by atoms with Crippen molar-refractivity contribution in [2.24, 2.45) is 5.92 Å². The van der Waals surface area contributed by atoms with Gasteiger partial charge in [0, 0.05) is 13.1 Å². The highest BCUT2D eigenvalue weighted by molar-refractivity contribution is 5.42. The normalized spacial score (nSPS) is 10.8. The van der Waals surface area contributed by atoms with Crippen molar-refractivity contribution in [3.8, 4) is 11.5 Å². The summed E-state index contributed by atoms with van der Waals surface area (Å²) in [5.41, 5.74) is 1.25. The molecule has 20 heavy (non-hydrogen) atoms. The number of ether oxygens (including phenoxy) is 2. The molecule has 114 valence electrons. The molecular weight excluding hydrogens is 252 g/mol. The molecule has 0 aliphatic heterocycles. The molecule has 0 saturated heterocycles. The lowest BCUT2D eigenvalue weighted by Crippen LogP contribution is -2.30. The summed E-state index contributed by atoms with van der Waals surface area (Å²) in [7, 11) is 3.32. The van der Waals surface area contributed by atoms with E-state index < -0.39 is 0 Å². The van der Waals surface area contributed by atoms with Crippen molar-refractivity contribution in [1.29, 1.82) is 0 Å². The van der Waals surface area contributed by atoms with Crippen LogP contribution in [0.4, 0.5) is 0 Å². The van der Waals surface area contributed by atoms with Gasteiger partial charge >= 0.3 is 0 Å². The summed E-state index contributed by atoms with van der Waals surface area (Å²) in [6.45, 7) is 8.51. The number of nitrogens with one attached hydrogen (secondary N) is 2. The van der Waals surface area contributed by atoms with E-state index >= 15 is 0 Å². The summed E-state index contributed by atoms with van der Waals surface area (Å²) in [5.74, 6) is 2.28. The van der Waals surface area contributed by atoms with Gasteiger partial charge in [0.05, 0.1) is 14.2 Å². The van der Waals surface area contributed by atoms with E-state index in [0.29, 0.717) is 5.92 Å². The Labute approximate surface area is 122 Å². The van der Waals surface area contributed by atoms with Crippen LogP contribution in [0.1, 0.15) is 19.4 Å².